The zero-order valence-electron chi connectivity index (χ0n) is 13.8. The minimum Gasteiger partial charge on any atom is -0.444 e. The summed E-state index contributed by atoms with van der Waals surface area (Å²) in [5.41, 5.74) is 0.368. The van der Waals surface area contributed by atoms with Gasteiger partial charge in [0.2, 0.25) is 5.95 Å². The van der Waals surface area contributed by atoms with Gasteiger partial charge in [0.05, 0.1) is 0 Å². The predicted molar refractivity (Wildman–Crippen MR) is 86.4 cm³/mol. The normalized spacial score (nSPS) is 19.3. The van der Waals surface area contributed by atoms with Crippen LogP contribution in [0.2, 0.25) is 5.15 Å². The lowest BCUT2D eigenvalue weighted by Gasteiger charge is -2.40. The molecule has 1 aliphatic rings. The van der Waals surface area contributed by atoms with Crippen LogP contribution in [0.3, 0.4) is 0 Å². The Morgan fingerprint density at radius 3 is 2.64 bits per heavy atom. The van der Waals surface area contributed by atoms with Gasteiger partial charge >= 0.3 is 6.09 Å². The Labute approximate surface area is 136 Å². The smallest absolute Gasteiger partial charge is 0.410 e. The molecule has 1 saturated heterocycles. The van der Waals surface area contributed by atoms with E-state index in [1.807, 2.05) is 39.5 Å². The maximum Gasteiger partial charge on any atom is 0.410 e. The summed E-state index contributed by atoms with van der Waals surface area (Å²) in [5, 5.41) is 0.465. The van der Waals surface area contributed by atoms with Gasteiger partial charge in [0.25, 0.3) is 0 Å². The first kappa shape index (κ1) is 16.8. The molecule has 1 amide bonds. The Hall–Kier alpha value is -1.56. The minimum atomic E-state index is -0.485. The van der Waals surface area contributed by atoms with E-state index in [0.717, 1.165) is 5.56 Å². The van der Waals surface area contributed by atoms with Crippen molar-refractivity contribution in [1.29, 1.82) is 0 Å². The van der Waals surface area contributed by atoms with Crippen LogP contribution in [0.25, 0.3) is 0 Å². The number of anilines is 1. The van der Waals surface area contributed by atoms with Gasteiger partial charge in [-0.05, 0) is 34.6 Å². The first-order valence-corrected chi connectivity index (χ1v) is 7.79. The second-order valence-corrected chi connectivity index (χ2v) is 6.97. The van der Waals surface area contributed by atoms with Gasteiger partial charge in [0, 0.05) is 37.4 Å². The number of amides is 1. The monoisotopic (exact) mass is 326 g/mol. The summed E-state index contributed by atoms with van der Waals surface area (Å²) in [6.07, 6.45) is 1.44. The number of nitrogens with zero attached hydrogens (tertiary/aromatic N) is 4. The van der Waals surface area contributed by atoms with E-state index >= 15 is 0 Å². The van der Waals surface area contributed by atoms with E-state index in [4.69, 9.17) is 16.3 Å². The van der Waals surface area contributed by atoms with E-state index in [-0.39, 0.29) is 12.1 Å². The summed E-state index contributed by atoms with van der Waals surface area (Å²) < 4.78 is 5.44. The number of piperazine rings is 1. The van der Waals surface area contributed by atoms with Crippen LogP contribution < -0.4 is 4.90 Å². The lowest BCUT2D eigenvalue weighted by molar-refractivity contribution is 0.0158. The Bertz CT molecular complexity index is 559. The summed E-state index contributed by atoms with van der Waals surface area (Å²) in [6.45, 7) is 11.4. The van der Waals surface area contributed by atoms with Crippen LogP contribution in [-0.2, 0) is 4.74 Å². The average molecular weight is 327 g/mol. The Balaban J connectivity index is 2.03. The van der Waals surface area contributed by atoms with Gasteiger partial charge in [0.1, 0.15) is 10.8 Å². The number of aromatic nitrogens is 2. The van der Waals surface area contributed by atoms with E-state index < -0.39 is 5.60 Å². The van der Waals surface area contributed by atoms with Gasteiger partial charge < -0.3 is 14.5 Å². The van der Waals surface area contributed by atoms with E-state index in [0.29, 0.717) is 30.7 Å². The molecule has 1 aromatic rings. The second-order valence-electron chi connectivity index (χ2n) is 6.61. The predicted octanol–water partition coefficient (Wildman–Crippen LogP) is 2.88. The van der Waals surface area contributed by atoms with E-state index in [1.54, 1.807) is 11.1 Å². The lowest BCUT2D eigenvalue weighted by Crippen LogP contribution is -2.55. The molecule has 0 unspecified atom stereocenters. The van der Waals surface area contributed by atoms with Crippen LogP contribution in [0.15, 0.2) is 6.20 Å². The Morgan fingerprint density at radius 1 is 1.41 bits per heavy atom. The number of halogens is 1. The minimum absolute atomic E-state index is 0.0206. The maximum atomic E-state index is 12.2. The van der Waals surface area contributed by atoms with Crippen molar-refractivity contribution >= 4 is 23.6 Å². The van der Waals surface area contributed by atoms with E-state index in [9.17, 15) is 4.79 Å². The van der Waals surface area contributed by atoms with Crippen molar-refractivity contribution in [1.82, 2.24) is 14.9 Å². The van der Waals surface area contributed by atoms with Gasteiger partial charge in [-0.25, -0.2) is 14.8 Å². The van der Waals surface area contributed by atoms with Crippen LogP contribution >= 0.6 is 11.6 Å². The molecule has 1 aliphatic heterocycles. The Morgan fingerprint density at radius 2 is 2.09 bits per heavy atom. The zero-order chi connectivity index (χ0) is 16.5. The van der Waals surface area contributed by atoms with Crippen molar-refractivity contribution in [3.63, 3.8) is 0 Å². The fourth-order valence-corrected chi connectivity index (χ4v) is 2.42. The number of rotatable bonds is 1. The highest BCUT2D eigenvalue weighted by atomic mass is 35.5. The van der Waals surface area contributed by atoms with Crippen molar-refractivity contribution in [2.45, 2.75) is 46.3 Å². The van der Waals surface area contributed by atoms with E-state index in [2.05, 4.69) is 9.97 Å². The molecule has 2 rings (SSSR count). The average Bonchev–Trinajstić information content (AvgIpc) is 2.39. The number of hydrogen-bond donors (Lipinski definition) is 0. The molecular weight excluding hydrogens is 304 g/mol. The molecule has 7 heteroatoms. The first-order chi connectivity index (χ1) is 10.2. The molecule has 22 heavy (non-hydrogen) atoms. The molecule has 0 saturated carbocycles. The molecule has 1 aromatic heterocycles. The number of aryl methyl sites for hydroxylation is 1. The van der Waals surface area contributed by atoms with Crippen molar-refractivity contribution in [2.75, 3.05) is 24.5 Å². The number of ether oxygens (including phenoxy) is 1. The van der Waals surface area contributed by atoms with Gasteiger partial charge in [-0.3, -0.25) is 0 Å². The van der Waals surface area contributed by atoms with Crippen LogP contribution in [0.5, 0.6) is 0 Å². The zero-order valence-corrected chi connectivity index (χ0v) is 14.5. The molecule has 1 fully saturated rings. The molecule has 122 valence electrons. The molecular formula is C15H23ClN4O2. The number of hydrogen-bond acceptors (Lipinski definition) is 5. The molecule has 0 N–H and O–H groups in total. The van der Waals surface area contributed by atoms with Crippen LogP contribution in [0.1, 0.15) is 33.3 Å². The fourth-order valence-electron chi connectivity index (χ4n) is 2.30. The van der Waals surface area contributed by atoms with Crippen molar-refractivity contribution in [3.8, 4) is 0 Å². The largest absolute Gasteiger partial charge is 0.444 e. The van der Waals surface area contributed by atoms with Crippen LogP contribution in [-0.4, -0.2) is 52.2 Å². The SMILES string of the molecule is Cc1cnc(N2CCN(C(=O)OC(C)(C)C)[C@@H](C)C2)nc1Cl. The van der Waals surface area contributed by atoms with E-state index in [1.165, 1.54) is 0 Å². The lowest BCUT2D eigenvalue weighted by atomic mass is 10.2. The second kappa shape index (κ2) is 6.28. The standard InChI is InChI=1S/C15H23ClN4O2/c1-10-8-17-13(18-12(10)16)19-6-7-20(11(2)9-19)14(21)22-15(3,4)5/h8,11H,6-7,9H2,1-5H3/t11-/m0/s1. The molecule has 0 aliphatic carbocycles. The highest BCUT2D eigenvalue weighted by molar-refractivity contribution is 6.30. The quantitative estimate of drug-likeness (QED) is 0.743. The summed E-state index contributed by atoms with van der Waals surface area (Å²) in [4.78, 5) is 24.6. The third-order valence-electron chi connectivity index (χ3n) is 3.44. The molecule has 0 spiro atoms. The van der Waals surface area contributed by atoms with Crippen LogP contribution in [0.4, 0.5) is 10.7 Å². The summed E-state index contributed by atoms with van der Waals surface area (Å²) in [6, 6.07) is 0.0206. The molecule has 0 aromatic carbocycles. The van der Waals surface area contributed by atoms with Gasteiger partial charge in [-0.2, -0.15) is 0 Å². The first-order valence-electron chi connectivity index (χ1n) is 7.41. The number of carbonyl (C=O) groups is 1. The molecule has 1 atom stereocenters. The van der Waals surface area contributed by atoms with Gasteiger partial charge in [0.15, 0.2) is 0 Å². The highest BCUT2D eigenvalue weighted by Crippen LogP contribution is 2.20. The molecule has 0 radical (unpaired) electrons. The van der Waals surface area contributed by atoms with Gasteiger partial charge in [-0.15, -0.1) is 0 Å². The van der Waals surface area contributed by atoms with Crippen molar-refractivity contribution in [3.05, 3.63) is 16.9 Å². The fraction of sp³-hybridized carbons (Fsp3) is 0.667. The topological polar surface area (TPSA) is 58.6 Å². The summed E-state index contributed by atoms with van der Waals surface area (Å²) >= 11 is 6.06. The number of carbonyl (C=O) groups excluding carboxylic acids is 1. The third-order valence-corrected chi connectivity index (χ3v) is 3.82. The van der Waals surface area contributed by atoms with Crippen LogP contribution in [0, 0.1) is 6.92 Å². The maximum absolute atomic E-state index is 12.2. The summed E-state index contributed by atoms with van der Waals surface area (Å²) in [7, 11) is 0. The summed E-state index contributed by atoms with van der Waals surface area (Å²) in [5.74, 6) is 0.603. The molecule has 6 nitrogen and oxygen atoms in total. The Kier molecular flexibility index (Phi) is 4.80. The van der Waals surface area contributed by atoms with Gasteiger partial charge in [-0.1, -0.05) is 11.6 Å². The molecule has 0 bridgehead atoms. The third kappa shape index (κ3) is 4.00. The highest BCUT2D eigenvalue weighted by Gasteiger charge is 2.31. The van der Waals surface area contributed by atoms with Crippen molar-refractivity contribution < 1.29 is 9.53 Å². The van der Waals surface area contributed by atoms with Crippen molar-refractivity contribution in [2.24, 2.45) is 0 Å². The molecule has 2 heterocycles.